The first-order valence-corrected chi connectivity index (χ1v) is 6.14. The Morgan fingerprint density at radius 3 is 3.20 bits per heavy atom. The number of hydrogen-bond acceptors (Lipinski definition) is 3. The van der Waals surface area contributed by atoms with Crippen LogP contribution in [-0.4, -0.2) is 29.1 Å². The summed E-state index contributed by atoms with van der Waals surface area (Å²) in [4.78, 5) is 14.2. The monoisotopic (exact) mass is 225 g/mol. The van der Waals surface area contributed by atoms with Gasteiger partial charge in [0.15, 0.2) is 0 Å². The smallest absolute Gasteiger partial charge is 0.304 e. The van der Waals surface area contributed by atoms with Crippen LogP contribution in [0.1, 0.15) is 30.2 Å². The van der Waals surface area contributed by atoms with Crippen molar-refractivity contribution in [2.24, 2.45) is 0 Å². The van der Waals surface area contributed by atoms with E-state index in [2.05, 4.69) is 22.4 Å². The lowest BCUT2D eigenvalue weighted by atomic mass is 10.2. The summed E-state index contributed by atoms with van der Waals surface area (Å²) in [6, 6.07) is 4.67. The van der Waals surface area contributed by atoms with Crippen LogP contribution < -0.4 is 0 Å². The van der Waals surface area contributed by atoms with Gasteiger partial charge in [-0.3, -0.25) is 9.69 Å². The van der Waals surface area contributed by atoms with Crippen molar-refractivity contribution in [2.75, 3.05) is 13.1 Å². The molecular weight excluding hydrogens is 210 g/mol. The average molecular weight is 225 g/mol. The number of likely N-dealkylation sites (tertiary alicyclic amines) is 1. The highest BCUT2D eigenvalue weighted by atomic mass is 32.1. The van der Waals surface area contributed by atoms with E-state index < -0.39 is 5.97 Å². The third-order valence-corrected chi connectivity index (χ3v) is 3.82. The summed E-state index contributed by atoms with van der Waals surface area (Å²) in [7, 11) is 0. The Hall–Kier alpha value is -0.870. The number of carboxylic acid groups (broad SMARTS) is 1. The van der Waals surface area contributed by atoms with E-state index in [1.54, 1.807) is 11.3 Å². The molecule has 0 aromatic carbocycles. The fraction of sp³-hybridized carbons (Fsp3) is 0.545. The van der Waals surface area contributed by atoms with Gasteiger partial charge in [0, 0.05) is 17.5 Å². The second kappa shape index (κ2) is 4.77. The van der Waals surface area contributed by atoms with Gasteiger partial charge in [-0.05, 0) is 30.8 Å². The van der Waals surface area contributed by atoms with E-state index >= 15 is 0 Å². The van der Waals surface area contributed by atoms with Crippen LogP contribution in [-0.2, 0) is 4.79 Å². The number of carboxylic acids is 1. The summed E-state index contributed by atoms with van der Waals surface area (Å²) in [5, 5.41) is 10.8. The van der Waals surface area contributed by atoms with Crippen LogP contribution in [0.15, 0.2) is 17.5 Å². The topological polar surface area (TPSA) is 40.5 Å². The molecule has 1 atom stereocenters. The highest BCUT2D eigenvalue weighted by Gasteiger charge is 2.26. The first-order valence-electron chi connectivity index (χ1n) is 5.26. The summed E-state index contributed by atoms with van der Waals surface area (Å²) >= 11 is 1.77. The Balaban J connectivity index is 1.96. The minimum atomic E-state index is -0.702. The summed E-state index contributed by atoms with van der Waals surface area (Å²) in [6.07, 6.45) is 2.60. The Morgan fingerprint density at radius 1 is 1.67 bits per heavy atom. The summed E-state index contributed by atoms with van der Waals surface area (Å²) in [5.41, 5.74) is 0. The van der Waals surface area contributed by atoms with E-state index in [9.17, 15) is 4.79 Å². The zero-order valence-corrected chi connectivity index (χ0v) is 9.37. The van der Waals surface area contributed by atoms with Gasteiger partial charge in [0.05, 0.1) is 6.42 Å². The first-order chi connectivity index (χ1) is 7.27. The summed E-state index contributed by atoms with van der Waals surface area (Å²) < 4.78 is 0. The molecule has 3 nitrogen and oxygen atoms in total. The Morgan fingerprint density at radius 2 is 2.53 bits per heavy atom. The maximum Gasteiger partial charge on any atom is 0.304 e. The molecule has 0 amide bonds. The van der Waals surface area contributed by atoms with Crippen molar-refractivity contribution in [2.45, 2.75) is 25.3 Å². The van der Waals surface area contributed by atoms with Gasteiger partial charge in [0.1, 0.15) is 0 Å². The van der Waals surface area contributed by atoms with Gasteiger partial charge in [0.2, 0.25) is 0 Å². The van der Waals surface area contributed by atoms with E-state index in [0.717, 1.165) is 6.54 Å². The average Bonchev–Trinajstić information content (AvgIpc) is 2.85. The highest BCUT2D eigenvalue weighted by Crippen LogP contribution is 2.34. The van der Waals surface area contributed by atoms with Gasteiger partial charge in [0.25, 0.3) is 0 Å². The molecule has 0 bridgehead atoms. The molecule has 1 fully saturated rings. The molecule has 1 aliphatic heterocycles. The van der Waals surface area contributed by atoms with Crippen molar-refractivity contribution in [3.8, 4) is 0 Å². The lowest BCUT2D eigenvalue weighted by molar-refractivity contribution is -0.137. The molecule has 0 radical (unpaired) electrons. The number of rotatable bonds is 4. The standard InChI is InChI=1S/C11H15NO2S/c13-11(14)5-7-12-6-1-3-9(12)10-4-2-8-15-10/h2,4,8-9H,1,3,5-7H2,(H,13,14). The van der Waals surface area contributed by atoms with E-state index in [4.69, 9.17) is 5.11 Å². The SMILES string of the molecule is O=C(O)CCN1CCCC1c1cccs1. The minimum Gasteiger partial charge on any atom is -0.481 e. The molecule has 82 valence electrons. The quantitative estimate of drug-likeness (QED) is 0.855. The second-order valence-corrected chi connectivity index (χ2v) is 4.83. The molecule has 2 heterocycles. The fourth-order valence-electron chi connectivity index (χ4n) is 2.14. The van der Waals surface area contributed by atoms with Gasteiger partial charge >= 0.3 is 5.97 Å². The van der Waals surface area contributed by atoms with Gasteiger partial charge in [-0.25, -0.2) is 0 Å². The Kier molecular flexibility index (Phi) is 3.38. The molecule has 1 unspecified atom stereocenters. The first kappa shape index (κ1) is 10.6. The largest absolute Gasteiger partial charge is 0.481 e. The van der Waals surface area contributed by atoms with Crippen LogP contribution >= 0.6 is 11.3 Å². The Labute approximate surface area is 93.3 Å². The molecule has 2 rings (SSSR count). The van der Waals surface area contributed by atoms with Crippen molar-refractivity contribution in [1.82, 2.24) is 4.90 Å². The maximum atomic E-state index is 10.5. The van der Waals surface area contributed by atoms with Crippen LogP contribution in [0.2, 0.25) is 0 Å². The predicted molar refractivity (Wildman–Crippen MR) is 60.1 cm³/mol. The van der Waals surface area contributed by atoms with E-state index in [1.807, 2.05) is 0 Å². The third kappa shape index (κ3) is 2.58. The van der Waals surface area contributed by atoms with Gasteiger partial charge in [-0.1, -0.05) is 6.07 Å². The summed E-state index contributed by atoms with van der Waals surface area (Å²) in [5.74, 6) is -0.702. The molecule has 1 N–H and O–H groups in total. The number of thiophene rings is 1. The van der Waals surface area contributed by atoms with Crippen LogP contribution in [0.4, 0.5) is 0 Å². The molecule has 1 saturated heterocycles. The highest BCUT2D eigenvalue weighted by molar-refractivity contribution is 7.10. The second-order valence-electron chi connectivity index (χ2n) is 3.85. The Bertz CT molecular complexity index is 323. The molecule has 0 saturated carbocycles. The molecule has 1 aromatic rings. The van der Waals surface area contributed by atoms with Crippen LogP contribution in [0.5, 0.6) is 0 Å². The lowest BCUT2D eigenvalue weighted by Crippen LogP contribution is -2.25. The third-order valence-electron chi connectivity index (χ3n) is 2.85. The normalized spacial score (nSPS) is 22.0. The fourth-order valence-corrected chi connectivity index (χ4v) is 3.03. The molecule has 4 heteroatoms. The molecule has 1 aromatic heterocycles. The number of hydrogen-bond donors (Lipinski definition) is 1. The molecular formula is C11H15NO2S. The molecule has 0 spiro atoms. The van der Waals surface area contributed by atoms with E-state index in [-0.39, 0.29) is 6.42 Å². The van der Waals surface area contributed by atoms with Gasteiger partial charge in [-0.15, -0.1) is 11.3 Å². The van der Waals surface area contributed by atoms with Crippen molar-refractivity contribution in [3.63, 3.8) is 0 Å². The number of aliphatic carboxylic acids is 1. The molecule has 15 heavy (non-hydrogen) atoms. The molecule has 1 aliphatic rings. The van der Waals surface area contributed by atoms with E-state index in [1.165, 1.54) is 17.7 Å². The van der Waals surface area contributed by atoms with Crippen LogP contribution in [0.3, 0.4) is 0 Å². The molecule has 0 aliphatic carbocycles. The number of nitrogens with zero attached hydrogens (tertiary/aromatic N) is 1. The van der Waals surface area contributed by atoms with Crippen molar-refractivity contribution < 1.29 is 9.90 Å². The number of carbonyl (C=O) groups is 1. The van der Waals surface area contributed by atoms with E-state index in [0.29, 0.717) is 12.6 Å². The van der Waals surface area contributed by atoms with Crippen LogP contribution in [0, 0.1) is 0 Å². The lowest BCUT2D eigenvalue weighted by Gasteiger charge is -2.22. The van der Waals surface area contributed by atoms with Crippen molar-refractivity contribution in [3.05, 3.63) is 22.4 Å². The summed E-state index contributed by atoms with van der Waals surface area (Å²) in [6.45, 7) is 1.72. The predicted octanol–water partition coefficient (Wildman–Crippen LogP) is 2.36. The maximum absolute atomic E-state index is 10.5. The van der Waals surface area contributed by atoms with Crippen molar-refractivity contribution in [1.29, 1.82) is 0 Å². The zero-order valence-electron chi connectivity index (χ0n) is 8.56. The zero-order chi connectivity index (χ0) is 10.7. The van der Waals surface area contributed by atoms with Crippen LogP contribution in [0.25, 0.3) is 0 Å². The van der Waals surface area contributed by atoms with Gasteiger partial charge in [-0.2, -0.15) is 0 Å². The van der Waals surface area contributed by atoms with Crippen molar-refractivity contribution >= 4 is 17.3 Å². The minimum absolute atomic E-state index is 0.252. The van der Waals surface area contributed by atoms with Gasteiger partial charge < -0.3 is 5.11 Å².